The Morgan fingerprint density at radius 3 is 2.70 bits per heavy atom. The van der Waals surface area contributed by atoms with Crippen LogP contribution in [0.15, 0.2) is 12.1 Å². The van der Waals surface area contributed by atoms with Crippen molar-refractivity contribution in [1.29, 1.82) is 0 Å². The SMILES string of the molecule is COC(=O)C1CCCN1C(=O)c1cc(N)c(F)cc1F. The molecule has 1 aromatic rings. The highest BCUT2D eigenvalue weighted by Gasteiger charge is 2.36. The van der Waals surface area contributed by atoms with Gasteiger partial charge in [-0.2, -0.15) is 0 Å². The maximum Gasteiger partial charge on any atom is 0.328 e. The van der Waals surface area contributed by atoms with Crippen LogP contribution in [0.2, 0.25) is 0 Å². The van der Waals surface area contributed by atoms with Crippen LogP contribution in [0.3, 0.4) is 0 Å². The lowest BCUT2D eigenvalue weighted by molar-refractivity contribution is -0.145. The standard InChI is InChI=1S/C13H14F2N2O3/c1-20-13(19)11-3-2-4-17(11)12(18)7-5-10(16)9(15)6-8(7)14/h5-6,11H,2-4,16H2,1H3. The Morgan fingerprint density at radius 1 is 1.35 bits per heavy atom. The molecule has 0 radical (unpaired) electrons. The number of rotatable bonds is 2. The summed E-state index contributed by atoms with van der Waals surface area (Å²) in [4.78, 5) is 25.1. The molecule has 1 atom stereocenters. The average molecular weight is 284 g/mol. The molecular formula is C13H14F2N2O3. The third-order valence-corrected chi connectivity index (χ3v) is 3.30. The van der Waals surface area contributed by atoms with Gasteiger partial charge in [-0.1, -0.05) is 0 Å². The number of benzene rings is 1. The number of halogens is 2. The average Bonchev–Trinajstić information content (AvgIpc) is 2.90. The fourth-order valence-corrected chi connectivity index (χ4v) is 2.28. The molecule has 0 aliphatic carbocycles. The van der Waals surface area contributed by atoms with Gasteiger partial charge in [0.1, 0.15) is 17.7 Å². The van der Waals surface area contributed by atoms with Crippen molar-refractivity contribution >= 4 is 17.6 Å². The fourth-order valence-electron chi connectivity index (χ4n) is 2.28. The third-order valence-electron chi connectivity index (χ3n) is 3.30. The summed E-state index contributed by atoms with van der Waals surface area (Å²) in [5, 5.41) is 0. The summed E-state index contributed by atoms with van der Waals surface area (Å²) in [5.41, 5.74) is 4.68. The highest BCUT2D eigenvalue weighted by molar-refractivity contribution is 5.98. The van der Waals surface area contributed by atoms with Crippen LogP contribution in [0.4, 0.5) is 14.5 Å². The van der Waals surface area contributed by atoms with Crippen molar-refractivity contribution in [2.24, 2.45) is 0 Å². The Bertz CT molecular complexity index is 563. The van der Waals surface area contributed by atoms with Gasteiger partial charge in [0.05, 0.1) is 18.4 Å². The number of carbonyl (C=O) groups is 2. The third kappa shape index (κ3) is 2.43. The Labute approximate surface area is 114 Å². The molecule has 1 fully saturated rings. The van der Waals surface area contributed by atoms with Gasteiger partial charge < -0.3 is 15.4 Å². The van der Waals surface area contributed by atoms with E-state index in [2.05, 4.69) is 4.74 Å². The molecule has 1 aliphatic heterocycles. The molecule has 1 aromatic carbocycles. The van der Waals surface area contributed by atoms with Crippen LogP contribution >= 0.6 is 0 Å². The first-order chi connectivity index (χ1) is 9.45. The van der Waals surface area contributed by atoms with Gasteiger partial charge in [-0.15, -0.1) is 0 Å². The van der Waals surface area contributed by atoms with Crippen LogP contribution in [-0.2, 0) is 9.53 Å². The van der Waals surface area contributed by atoms with E-state index in [0.717, 1.165) is 6.07 Å². The number of nitrogens with zero attached hydrogens (tertiary/aromatic N) is 1. The van der Waals surface area contributed by atoms with Crippen molar-refractivity contribution in [3.63, 3.8) is 0 Å². The first-order valence-corrected chi connectivity index (χ1v) is 6.09. The Hall–Kier alpha value is -2.18. The molecule has 7 heteroatoms. The molecular weight excluding hydrogens is 270 g/mol. The number of nitrogens with two attached hydrogens (primary N) is 1. The zero-order chi connectivity index (χ0) is 14.9. The van der Waals surface area contributed by atoms with E-state index in [-0.39, 0.29) is 11.3 Å². The summed E-state index contributed by atoms with van der Waals surface area (Å²) in [6.07, 6.45) is 1.07. The highest BCUT2D eigenvalue weighted by Crippen LogP contribution is 2.24. The van der Waals surface area contributed by atoms with Crippen LogP contribution in [0.25, 0.3) is 0 Å². The molecule has 1 aliphatic rings. The number of esters is 1. The van der Waals surface area contributed by atoms with E-state index in [1.807, 2.05) is 0 Å². The minimum Gasteiger partial charge on any atom is -0.467 e. The van der Waals surface area contributed by atoms with E-state index in [4.69, 9.17) is 5.73 Å². The fraction of sp³-hybridized carbons (Fsp3) is 0.385. The largest absolute Gasteiger partial charge is 0.467 e. The summed E-state index contributed by atoms with van der Waals surface area (Å²) in [5.74, 6) is -3.17. The van der Waals surface area contributed by atoms with E-state index >= 15 is 0 Å². The van der Waals surface area contributed by atoms with Crippen molar-refractivity contribution in [1.82, 2.24) is 4.90 Å². The molecule has 0 bridgehead atoms. The molecule has 2 N–H and O–H groups in total. The summed E-state index contributed by atoms with van der Waals surface area (Å²) in [7, 11) is 1.22. The smallest absolute Gasteiger partial charge is 0.328 e. The maximum absolute atomic E-state index is 13.7. The molecule has 1 amide bonds. The van der Waals surface area contributed by atoms with Crippen molar-refractivity contribution in [3.8, 4) is 0 Å². The van der Waals surface area contributed by atoms with Gasteiger partial charge in [-0.05, 0) is 18.9 Å². The minimum absolute atomic E-state index is 0.315. The quantitative estimate of drug-likeness (QED) is 0.657. The zero-order valence-corrected chi connectivity index (χ0v) is 10.9. The van der Waals surface area contributed by atoms with Gasteiger partial charge in [-0.25, -0.2) is 13.6 Å². The molecule has 0 spiro atoms. The minimum atomic E-state index is -1.00. The molecule has 2 rings (SSSR count). The Kier molecular flexibility index (Phi) is 3.87. The summed E-state index contributed by atoms with van der Waals surface area (Å²) in [6, 6.07) is 0.768. The van der Waals surface area contributed by atoms with E-state index in [1.165, 1.54) is 12.0 Å². The van der Waals surface area contributed by atoms with Gasteiger partial charge in [0, 0.05) is 12.6 Å². The first-order valence-electron chi connectivity index (χ1n) is 6.09. The Morgan fingerprint density at radius 2 is 2.05 bits per heavy atom. The second-order valence-electron chi connectivity index (χ2n) is 4.53. The van der Waals surface area contributed by atoms with E-state index in [0.29, 0.717) is 25.5 Å². The molecule has 0 aromatic heterocycles. The number of carbonyl (C=O) groups excluding carboxylic acids is 2. The van der Waals surface area contributed by atoms with Crippen LogP contribution in [0.1, 0.15) is 23.2 Å². The number of hydrogen-bond donors (Lipinski definition) is 1. The predicted octanol–water partition coefficient (Wildman–Crippen LogP) is 1.32. The summed E-state index contributed by atoms with van der Waals surface area (Å²) >= 11 is 0. The van der Waals surface area contributed by atoms with Gasteiger partial charge in [-0.3, -0.25) is 4.79 Å². The van der Waals surface area contributed by atoms with Gasteiger partial charge in [0.2, 0.25) is 0 Å². The molecule has 1 heterocycles. The second kappa shape index (κ2) is 5.44. The van der Waals surface area contributed by atoms with E-state index < -0.39 is 29.6 Å². The number of likely N-dealkylation sites (tertiary alicyclic amines) is 1. The van der Waals surface area contributed by atoms with Crippen LogP contribution in [0, 0.1) is 11.6 Å². The molecule has 108 valence electrons. The monoisotopic (exact) mass is 284 g/mol. The first kappa shape index (κ1) is 14.2. The topological polar surface area (TPSA) is 72.6 Å². The normalized spacial score (nSPS) is 18.1. The van der Waals surface area contributed by atoms with Gasteiger partial charge >= 0.3 is 5.97 Å². The molecule has 1 unspecified atom stereocenters. The lowest BCUT2D eigenvalue weighted by Gasteiger charge is -2.23. The van der Waals surface area contributed by atoms with Crippen LogP contribution in [0.5, 0.6) is 0 Å². The van der Waals surface area contributed by atoms with Crippen LogP contribution in [-0.4, -0.2) is 36.5 Å². The van der Waals surface area contributed by atoms with Crippen LogP contribution < -0.4 is 5.73 Å². The lowest BCUT2D eigenvalue weighted by Crippen LogP contribution is -2.41. The van der Waals surface area contributed by atoms with Crippen molar-refractivity contribution in [3.05, 3.63) is 29.3 Å². The number of nitrogen functional groups attached to an aromatic ring is 1. The molecule has 20 heavy (non-hydrogen) atoms. The Balaban J connectivity index is 2.31. The van der Waals surface area contributed by atoms with E-state index in [9.17, 15) is 18.4 Å². The summed E-state index contributed by atoms with van der Waals surface area (Å²) in [6.45, 7) is 0.315. The number of anilines is 1. The van der Waals surface area contributed by atoms with E-state index in [1.54, 1.807) is 0 Å². The molecule has 1 saturated heterocycles. The number of hydrogen-bond acceptors (Lipinski definition) is 4. The maximum atomic E-state index is 13.7. The summed E-state index contributed by atoms with van der Waals surface area (Å²) < 4.78 is 31.4. The second-order valence-corrected chi connectivity index (χ2v) is 4.53. The number of ether oxygens (including phenoxy) is 1. The predicted molar refractivity (Wildman–Crippen MR) is 66.8 cm³/mol. The van der Waals surface area contributed by atoms with Crippen molar-refractivity contribution in [2.45, 2.75) is 18.9 Å². The van der Waals surface area contributed by atoms with Crippen molar-refractivity contribution in [2.75, 3.05) is 19.4 Å². The number of methoxy groups -OCH3 is 1. The molecule has 5 nitrogen and oxygen atoms in total. The highest BCUT2D eigenvalue weighted by atomic mass is 19.1. The van der Waals surface area contributed by atoms with Gasteiger partial charge in [0.15, 0.2) is 0 Å². The van der Waals surface area contributed by atoms with Crippen molar-refractivity contribution < 1.29 is 23.1 Å². The zero-order valence-electron chi connectivity index (χ0n) is 10.9. The van der Waals surface area contributed by atoms with Gasteiger partial charge in [0.25, 0.3) is 5.91 Å². The number of amides is 1. The lowest BCUT2D eigenvalue weighted by atomic mass is 10.1. The molecule has 0 saturated carbocycles.